The Balaban J connectivity index is 1.61. The maximum absolute atomic E-state index is 12.9. The van der Waals surface area contributed by atoms with Crippen LogP contribution in [0.15, 0.2) is 48.8 Å². The third kappa shape index (κ3) is 4.74. The van der Waals surface area contributed by atoms with Gasteiger partial charge in [0.2, 0.25) is 5.95 Å². The lowest BCUT2D eigenvalue weighted by atomic mass is 10.2. The van der Waals surface area contributed by atoms with Crippen LogP contribution in [0.1, 0.15) is 11.1 Å². The van der Waals surface area contributed by atoms with Crippen molar-refractivity contribution in [3.05, 3.63) is 70.8 Å². The number of nitrogens with zero attached hydrogens (tertiary/aromatic N) is 3. The summed E-state index contributed by atoms with van der Waals surface area (Å²) in [6, 6.07) is 11.8. The van der Waals surface area contributed by atoms with Gasteiger partial charge in [-0.25, -0.2) is 14.1 Å². The molecule has 1 aromatic heterocycles. The molecule has 128 valence electrons. The highest BCUT2D eigenvalue weighted by Crippen LogP contribution is 2.20. The minimum Gasteiger partial charge on any atom is -0.332 e. The highest BCUT2D eigenvalue weighted by molar-refractivity contribution is 7.80. The van der Waals surface area contributed by atoms with E-state index in [-0.39, 0.29) is 5.82 Å². The van der Waals surface area contributed by atoms with Crippen LogP contribution in [-0.2, 0) is 6.54 Å². The van der Waals surface area contributed by atoms with E-state index >= 15 is 0 Å². The summed E-state index contributed by atoms with van der Waals surface area (Å²) in [4.78, 5) is 4.16. The van der Waals surface area contributed by atoms with E-state index in [2.05, 4.69) is 20.7 Å². The van der Waals surface area contributed by atoms with E-state index in [1.54, 1.807) is 29.2 Å². The number of nitrogens with one attached hydrogen (secondary N) is 2. The van der Waals surface area contributed by atoms with Gasteiger partial charge in [-0.05, 0) is 54.5 Å². The Morgan fingerprint density at radius 1 is 1.20 bits per heavy atom. The molecule has 0 aliphatic rings. The van der Waals surface area contributed by atoms with Crippen LogP contribution in [0.3, 0.4) is 0 Å². The molecule has 2 aromatic carbocycles. The predicted molar refractivity (Wildman–Crippen MR) is 102 cm³/mol. The molecule has 3 aromatic rings. The second-order valence-electron chi connectivity index (χ2n) is 5.43. The molecular formula is C17H15ClFN5S. The maximum Gasteiger partial charge on any atom is 0.248 e. The standard InChI is InChI=1S/C17H15ClFN5S/c1-11-2-5-13(18)8-15(11)21-17(25)22-16-20-10-24(23-16)9-12-3-6-14(19)7-4-12/h2-8,10H,9H2,1H3,(H2,21,22,23,25). The lowest BCUT2D eigenvalue weighted by molar-refractivity contribution is 0.624. The molecule has 2 N–H and O–H groups in total. The minimum atomic E-state index is -0.266. The highest BCUT2D eigenvalue weighted by Gasteiger charge is 2.06. The van der Waals surface area contributed by atoms with Crippen molar-refractivity contribution < 1.29 is 4.39 Å². The van der Waals surface area contributed by atoms with Crippen LogP contribution >= 0.6 is 23.8 Å². The summed E-state index contributed by atoms with van der Waals surface area (Å²) < 4.78 is 14.6. The van der Waals surface area contributed by atoms with Crippen molar-refractivity contribution in [2.45, 2.75) is 13.5 Å². The number of aromatic nitrogens is 3. The van der Waals surface area contributed by atoms with Gasteiger partial charge in [-0.2, -0.15) is 0 Å². The quantitative estimate of drug-likeness (QED) is 0.668. The number of thiocarbonyl (C=S) groups is 1. The lowest BCUT2D eigenvalue weighted by Crippen LogP contribution is -2.20. The summed E-state index contributed by atoms with van der Waals surface area (Å²) in [6.07, 6.45) is 1.58. The molecule has 8 heteroatoms. The van der Waals surface area contributed by atoms with Crippen molar-refractivity contribution >= 4 is 40.6 Å². The number of aryl methyl sites for hydroxylation is 1. The van der Waals surface area contributed by atoms with Crippen molar-refractivity contribution in [3.63, 3.8) is 0 Å². The average molecular weight is 376 g/mol. The number of anilines is 2. The van der Waals surface area contributed by atoms with E-state index < -0.39 is 0 Å². The van der Waals surface area contributed by atoms with Crippen LogP contribution in [0.2, 0.25) is 5.02 Å². The predicted octanol–water partition coefficient (Wildman–Crippen LogP) is 4.24. The lowest BCUT2D eigenvalue weighted by Gasteiger charge is -2.10. The number of hydrogen-bond acceptors (Lipinski definition) is 3. The van der Waals surface area contributed by atoms with Crippen molar-refractivity contribution in [2.75, 3.05) is 10.6 Å². The summed E-state index contributed by atoms with van der Waals surface area (Å²) in [6.45, 7) is 2.44. The Morgan fingerprint density at radius 3 is 2.72 bits per heavy atom. The monoisotopic (exact) mass is 375 g/mol. The topological polar surface area (TPSA) is 54.8 Å². The Labute approximate surface area is 154 Å². The Bertz CT molecular complexity index is 894. The molecule has 0 unspecified atom stereocenters. The largest absolute Gasteiger partial charge is 0.332 e. The summed E-state index contributed by atoms with van der Waals surface area (Å²) in [5, 5.41) is 11.3. The normalized spacial score (nSPS) is 10.5. The van der Waals surface area contributed by atoms with Crippen LogP contribution < -0.4 is 10.6 Å². The Morgan fingerprint density at radius 2 is 1.96 bits per heavy atom. The first-order valence-electron chi connectivity index (χ1n) is 7.47. The molecular weight excluding hydrogens is 361 g/mol. The number of rotatable bonds is 4. The molecule has 0 aliphatic carbocycles. The molecule has 0 spiro atoms. The van der Waals surface area contributed by atoms with Gasteiger partial charge >= 0.3 is 0 Å². The molecule has 3 rings (SSSR count). The van der Waals surface area contributed by atoms with Gasteiger partial charge in [0.1, 0.15) is 12.1 Å². The first kappa shape index (κ1) is 17.3. The number of benzene rings is 2. The molecule has 0 aliphatic heterocycles. The van der Waals surface area contributed by atoms with Gasteiger partial charge in [-0.15, -0.1) is 5.10 Å². The molecule has 0 amide bonds. The van der Waals surface area contributed by atoms with Crippen molar-refractivity contribution in [3.8, 4) is 0 Å². The fourth-order valence-electron chi connectivity index (χ4n) is 2.19. The minimum absolute atomic E-state index is 0.266. The maximum atomic E-state index is 12.9. The van der Waals surface area contributed by atoms with E-state index in [0.29, 0.717) is 22.6 Å². The zero-order valence-electron chi connectivity index (χ0n) is 13.3. The zero-order valence-corrected chi connectivity index (χ0v) is 14.9. The number of halogens is 2. The molecule has 0 fully saturated rings. The first-order chi connectivity index (χ1) is 12.0. The van der Waals surface area contributed by atoms with Gasteiger partial charge < -0.3 is 5.32 Å². The summed E-state index contributed by atoms with van der Waals surface area (Å²) in [7, 11) is 0. The van der Waals surface area contributed by atoms with Crippen molar-refractivity contribution in [2.24, 2.45) is 0 Å². The van der Waals surface area contributed by atoms with E-state index in [9.17, 15) is 4.39 Å². The van der Waals surface area contributed by atoms with Crippen molar-refractivity contribution in [1.82, 2.24) is 14.8 Å². The van der Waals surface area contributed by atoms with Gasteiger partial charge in [-0.1, -0.05) is 29.8 Å². The average Bonchev–Trinajstić information content (AvgIpc) is 3.00. The SMILES string of the molecule is Cc1ccc(Cl)cc1NC(=S)Nc1ncn(Cc2ccc(F)cc2)n1. The highest BCUT2D eigenvalue weighted by atomic mass is 35.5. The fourth-order valence-corrected chi connectivity index (χ4v) is 2.56. The fraction of sp³-hybridized carbons (Fsp3) is 0.118. The molecule has 1 heterocycles. The van der Waals surface area contributed by atoms with Crippen LogP contribution in [0.25, 0.3) is 0 Å². The molecule has 0 atom stereocenters. The summed E-state index contributed by atoms with van der Waals surface area (Å²) in [5.41, 5.74) is 2.76. The molecule has 0 radical (unpaired) electrons. The smallest absolute Gasteiger partial charge is 0.248 e. The van der Waals surface area contributed by atoms with Gasteiger partial charge in [0.25, 0.3) is 0 Å². The molecule has 0 bridgehead atoms. The molecule has 0 saturated carbocycles. The Kier molecular flexibility index (Phi) is 5.25. The van der Waals surface area contributed by atoms with Crippen molar-refractivity contribution in [1.29, 1.82) is 0 Å². The van der Waals surface area contributed by atoms with E-state index in [0.717, 1.165) is 16.8 Å². The van der Waals surface area contributed by atoms with Gasteiger partial charge in [0.05, 0.1) is 6.54 Å². The molecule has 0 saturated heterocycles. The Hall–Kier alpha value is -2.51. The van der Waals surface area contributed by atoms with Gasteiger partial charge in [-0.3, -0.25) is 5.32 Å². The zero-order chi connectivity index (χ0) is 17.8. The van der Waals surface area contributed by atoms with Crippen LogP contribution in [0.5, 0.6) is 0 Å². The number of hydrogen-bond donors (Lipinski definition) is 2. The second kappa shape index (κ2) is 7.58. The van der Waals surface area contributed by atoms with E-state index in [4.69, 9.17) is 23.8 Å². The third-order valence-electron chi connectivity index (χ3n) is 3.47. The van der Waals surface area contributed by atoms with Crippen LogP contribution in [0, 0.1) is 12.7 Å². The molecule has 25 heavy (non-hydrogen) atoms. The van der Waals surface area contributed by atoms with E-state index in [1.165, 1.54) is 12.1 Å². The molecule has 5 nitrogen and oxygen atoms in total. The summed E-state index contributed by atoms with van der Waals surface area (Å²) >= 11 is 11.3. The summed E-state index contributed by atoms with van der Waals surface area (Å²) in [5.74, 6) is 0.108. The van der Waals surface area contributed by atoms with Gasteiger partial charge in [0.15, 0.2) is 5.11 Å². The van der Waals surface area contributed by atoms with Gasteiger partial charge in [0, 0.05) is 10.7 Å². The van der Waals surface area contributed by atoms with Crippen LogP contribution in [-0.4, -0.2) is 19.9 Å². The first-order valence-corrected chi connectivity index (χ1v) is 8.26. The second-order valence-corrected chi connectivity index (χ2v) is 6.28. The third-order valence-corrected chi connectivity index (χ3v) is 3.91. The van der Waals surface area contributed by atoms with E-state index in [1.807, 2.05) is 19.1 Å². The van der Waals surface area contributed by atoms with Crippen LogP contribution in [0.4, 0.5) is 16.0 Å².